The zero-order valence-corrected chi connectivity index (χ0v) is 77.2. The number of anilines is 2. The summed E-state index contributed by atoms with van der Waals surface area (Å²) in [6.07, 6.45) is 20.3. The van der Waals surface area contributed by atoms with E-state index in [0.29, 0.717) is 109 Å². The first-order valence-corrected chi connectivity index (χ1v) is 49.6. The minimum Gasteiger partial charge on any atom is -0.492 e. The lowest BCUT2D eigenvalue weighted by Gasteiger charge is -2.29. The molecule has 4 aromatic heterocycles. The number of ketones is 2. The summed E-state index contributed by atoms with van der Waals surface area (Å²) in [4.78, 5) is 147. The van der Waals surface area contributed by atoms with Crippen molar-refractivity contribution in [3.8, 4) is 40.0 Å². The molecule has 30 heteroatoms. The number of hydrogen-bond acceptors (Lipinski definition) is 26. The molecule has 16 atom stereocenters. The number of thiazole rings is 2. The van der Waals surface area contributed by atoms with Crippen LogP contribution >= 0.6 is 22.7 Å². The summed E-state index contributed by atoms with van der Waals surface area (Å²) >= 11 is 3.02. The van der Waals surface area contributed by atoms with Crippen molar-refractivity contribution < 1.29 is 81.4 Å². The number of carbonyl (C=O) groups excluding carboxylic acids is 7. The predicted molar refractivity (Wildman–Crippen MR) is 488 cm³/mol. The van der Waals surface area contributed by atoms with Crippen LogP contribution in [0, 0.1) is 64.1 Å². The molecule has 6 saturated heterocycles. The fraction of sp³-hybridized carbons (Fsp3) is 0.673. The van der Waals surface area contributed by atoms with Gasteiger partial charge >= 0.3 is 23.9 Å². The maximum Gasteiger partial charge on any atom is 0.312 e. The van der Waals surface area contributed by atoms with E-state index in [9.17, 15) is 48.3 Å². The van der Waals surface area contributed by atoms with E-state index in [1.807, 2.05) is 53.2 Å². The van der Waals surface area contributed by atoms with Gasteiger partial charge in [-0.15, -0.1) is 22.7 Å². The number of carboxylic acid groups (broad SMARTS) is 1. The van der Waals surface area contributed by atoms with Crippen LogP contribution in [-0.2, 0) is 62.0 Å². The SMILES string of the molecule is CC(C)Nc1nc(-c2cc(=O)c3ccc(OCCN4CCOCC4)cc3[nH]2)cs1.CC(C)Nc1nc(-c2cc(O[C@@H]3C[C@H]4C(=O)C[C@]5(C(=O)O)C[C@H]5CCCCCCC[C@H](CC(=O)OC5C[C@@H]6C[C@@H]6C5)C(=O)N4C3)c3ccc(OCCN4CCOCC4)cc3n2)cs1.COC(=O)[C@]12CC(=O)[C@@H]3C[C@H](C)CN3C(=O)[C@@H](CC(=O)OC3C[C@@H]4C[C@@H]4C3)CCCCCCC[C@@H]1C2. The standard InChI is InChI=1S/C48H63N5O9S.C29H43NO6.C21H26N4O3S/c1-29(2)49-47-51-40(28-63-47)39-24-43(37-11-10-34(22-38(37)50-39)60-17-14-52-12-15-59-16-13-52)61-36-23-41-42(54)26-48(46(57)58)25-33(48)9-7-5-3-4-6-8-30(45(56)53(41)27-36)21-44(55)62-35-19-31-18-32(31)20-35;1-18-10-24-25(31)16-29(28(34)35-2)15-22(29)9-7-5-3-4-6-8-19(27(33)30(24)17-18)14-26(32)36-23-12-20-11-21(20)13-23;1-14(2)22-21-24-19(13-29-21)18-12-20(26)16-4-3-15(11-17(16)23-18)28-10-7-25-5-8-27-9-6-25/h10-11,22,24,28-33,35-36,41H,3-9,12-21,23,25-27H2,1-2H3,(H,49,51)(H,57,58);18-24H,3-17H2,1-2H3;3-4,11-14H,5-10H2,1-2H3,(H,22,24)(H,23,26)/t30-,31-,32+,33-,35?,36-,41+,48-;18-,19+,20-,21+,22+,23?,24-,29+;/m10./s1. The van der Waals surface area contributed by atoms with Gasteiger partial charge in [0.1, 0.15) is 54.5 Å². The van der Waals surface area contributed by atoms with Gasteiger partial charge in [0.05, 0.1) is 104 Å². The quantitative estimate of drug-likeness (QED) is 0.0323. The molecule has 128 heavy (non-hydrogen) atoms. The second-order valence-electron chi connectivity index (χ2n) is 39.4. The molecule has 2 amide bonds. The summed E-state index contributed by atoms with van der Waals surface area (Å²) in [5.74, 6) is 1.55. The monoisotopic (exact) mass is 1800 g/mol. The fourth-order valence-corrected chi connectivity index (χ4v) is 23.3. The van der Waals surface area contributed by atoms with Gasteiger partial charge in [0.2, 0.25) is 11.8 Å². The highest BCUT2D eigenvalue weighted by molar-refractivity contribution is 7.14. The van der Waals surface area contributed by atoms with Crippen molar-refractivity contribution in [2.24, 2.45) is 64.1 Å². The van der Waals surface area contributed by atoms with Crippen molar-refractivity contribution in [1.29, 1.82) is 0 Å². The van der Waals surface area contributed by atoms with E-state index >= 15 is 0 Å². The molecule has 0 bridgehead atoms. The van der Waals surface area contributed by atoms with Crippen LogP contribution in [-0.4, -0.2) is 233 Å². The van der Waals surface area contributed by atoms with Crippen LogP contribution in [0.1, 0.15) is 214 Å². The van der Waals surface area contributed by atoms with Crippen LogP contribution in [0.2, 0.25) is 0 Å². The van der Waals surface area contributed by atoms with Crippen molar-refractivity contribution in [3.63, 3.8) is 0 Å². The van der Waals surface area contributed by atoms with E-state index < -0.39 is 46.8 Å². The average molecular weight is 1800 g/mol. The number of nitrogens with one attached hydrogen (secondary N) is 3. The molecule has 28 nitrogen and oxygen atoms in total. The highest BCUT2D eigenvalue weighted by Crippen LogP contribution is 2.61. The summed E-state index contributed by atoms with van der Waals surface area (Å²) in [6, 6.07) is 13.9. The van der Waals surface area contributed by atoms with E-state index in [0.717, 1.165) is 213 Å². The number of fused-ring (bicyclic) bond motifs is 8. The number of Topliss-reactive ketones (excluding diaryl/α,β-unsaturated/α-hetero) is 2. The number of methoxy groups -OCH3 is 1. The number of nitrogens with zero attached hydrogens (tertiary/aromatic N) is 7. The number of benzene rings is 2. The average Bonchev–Trinajstić information content (AvgIpc) is 1.58. The van der Waals surface area contributed by atoms with E-state index in [1.165, 1.54) is 42.6 Å². The Bertz CT molecular complexity index is 4970. The number of aromatic amines is 1. The molecule has 694 valence electrons. The van der Waals surface area contributed by atoms with Crippen LogP contribution < -0.4 is 30.3 Å². The van der Waals surface area contributed by atoms with Crippen LogP contribution in [0.25, 0.3) is 44.6 Å². The van der Waals surface area contributed by atoms with E-state index in [-0.39, 0.29) is 121 Å². The van der Waals surface area contributed by atoms with Gasteiger partial charge in [-0.05, 0) is 177 Å². The number of rotatable bonds is 24. The van der Waals surface area contributed by atoms with Crippen molar-refractivity contribution in [2.45, 2.75) is 257 Å². The van der Waals surface area contributed by atoms with Gasteiger partial charge in [0, 0.05) is 135 Å². The van der Waals surface area contributed by atoms with Crippen molar-refractivity contribution in [3.05, 3.63) is 69.5 Å². The fourth-order valence-electron chi connectivity index (χ4n) is 21.6. The number of aliphatic carboxylic acids is 1. The molecule has 0 spiro atoms. The number of ether oxygens (including phenoxy) is 8. The molecular formula is C98H132N10O18S2. The first-order valence-electron chi connectivity index (χ1n) is 47.9. The van der Waals surface area contributed by atoms with Crippen molar-refractivity contribution in [2.75, 3.05) is 110 Å². The minimum absolute atomic E-state index is 0.0146. The number of pyridine rings is 2. The van der Waals surface area contributed by atoms with E-state index in [2.05, 4.69) is 65.0 Å². The second kappa shape index (κ2) is 41.8. The number of carbonyl (C=O) groups is 8. The highest BCUT2D eigenvalue weighted by atomic mass is 32.1. The Morgan fingerprint density at radius 1 is 0.555 bits per heavy atom. The molecule has 6 saturated carbocycles. The van der Waals surface area contributed by atoms with Gasteiger partial charge in [-0.3, -0.25) is 53.0 Å². The molecule has 12 fully saturated rings. The molecule has 2 unspecified atom stereocenters. The Balaban J connectivity index is 0.000000156. The lowest BCUT2D eigenvalue weighted by molar-refractivity contribution is -0.155. The third kappa shape index (κ3) is 23.2. The Morgan fingerprint density at radius 3 is 1.60 bits per heavy atom. The van der Waals surface area contributed by atoms with Crippen LogP contribution in [0.4, 0.5) is 10.3 Å². The van der Waals surface area contributed by atoms with Crippen molar-refractivity contribution in [1.82, 2.24) is 39.5 Å². The minimum atomic E-state index is -1.11. The normalized spacial score (nSPS) is 29.8. The maximum atomic E-state index is 14.8. The van der Waals surface area contributed by atoms with Gasteiger partial charge in [-0.25, -0.2) is 15.0 Å². The first-order chi connectivity index (χ1) is 61.9. The summed E-state index contributed by atoms with van der Waals surface area (Å²) < 4.78 is 46.8. The highest BCUT2D eigenvalue weighted by Gasteiger charge is 2.63. The Hall–Kier alpha value is -8.68. The molecule has 0 radical (unpaired) electrons. The maximum absolute atomic E-state index is 14.8. The molecule has 10 heterocycles. The zero-order valence-electron chi connectivity index (χ0n) is 75.5. The molecule has 6 aliphatic carbocycles. The number of carboxylic acids is 1. The van der Waals surface area contributed by atoms with Crippen molar-refractivity contribution >= 4 is 102 Å². The predicted octanol–water partition coefficient (Wildman–Crippen LogP) is 15.0. The van der Waals surface area contributed by atoms with Gasteiger partial charge in [0.25, 0.3) is 0 Å². The Labute approximate surface area is 758 Å². The molecule has 18 rings (SSSR count). The van der Waals surface area contributed by atoms with E-state index in [1.54, 1.807) is 15.9 Å². The molecule has 6 aromatic rings. The number of H-pyrrole nitrogens is 1. The van der Waals surface area contributed by atoms with Gasteiger partial charge in [-0.1, -0.05) is 71.1 Å². The largest absolute Gasteiger partial charge is 0.492 e. The number of hydrogen-bond donors (Lipinski definition) is 4. The van der Waals surface area contributed by atoms with Crippen LogP contribution in [0.5, 0.6) is 17.2 Å². The topological polar surface area (TPSA) is 339 Å². The number of morpholine rings is 2. The number of amides is 2. The molecular weight excluding hydrogens is 1670 g/mol. The Kier molecular flexibility index (Phi) is 30.3. The summed E-state index contributed by atoms with van der Waals surface area (Å²) in [5.41, 5.74) is 2.32. The summed E-state index contributed by atoms with van der Waals surface area (Å²) in [7, 11) is 1.40. The van der Waals surface area contributed by atoms with Gasteiger partial charge in [-0.2, -0.15) is 0 Å². The van der Waals surface area contributed by atoms with Crippen LogP contribution in [0.3, 0.4) is 0 Å². The molecule has 2 aromatic carbocycles. The lowest BCUT2D eigenvalue weighted by atomic mass is 9.90. The lowest BCUT2D eigenvalue weighted by Crippen LogP contribution is -2.45. The first kappa shape index (κ1) is 92.6. The van der Waals surface area contributed by atoms with Gasteiger partial charge in [0.15, 0.2) is 27.3 Å². The van der Waals surface area contributed by atoms with Crippen LogP contribution in [0.15, 0.2) is 64.1 Å². The summed E-state index contributed by atoms with van der Waals surface area (Å²) in [5, 5.41) is 24.1. The second-order valence-corrected chi connectivity index (χ2v) is 41.1. The molecule has 6 aliphatic heterocycles. The molecule has 12 aliphatic rings. The Morgan fingerprint density at radius 2 is 1.05 bits per heavy atom. The number of aromatic nitrogens is 4. The molecule has 4 N–H and O–H groups in total. The third-order valence-electron chi connectivity index (χ3n) is 29.0. The number of esters is 3. The smallest absolute Gasteiger partial charge is 0.312 e. The zero-order chi connectivity index (χ0) is 89.3. The summed E-state index contributed by atoms with van der Waals surface area (Å²) in [6.45, 7) is 20.4. The third-order valence-corrected chi connectivity index (χ3v) is 30.6. The van der Waals surface area contributed by atoms with Gasteiger partial charge < -0.3 is 68.4 Å². The van der Waals surface area contributed by atoms with E-state index in [4.69, 9.17) is 47.9 Å².